The van der Waals surface area contributed by atoms with Crippen molar-refractivity contribution in [1.29, 1.82) is 0 Å². The Bertz CT molecular complexity index is 572. The predicted octanol–water partition coefficient (Wildman–Crippen LogP) is 3.76. The van der Waals surface area contributed by atoms with Gasteiger partial charge >= 0.3 is 6.18 Å². The lowest BCUT2D eigenvalue weighted by Crippen LogP contribution is -2.57. The van der Waals surface area contributed by atoms with E-state index < -0.39 is 23.2 Å². The van der Waals surface area contributed by atoms with E-state index >= 15 is 0 Å². The van der Waals surface area contributed by atoms with Crippen LogP contribution in [-0.4, -0.2) is 34.7 Å². The Hall–Kier alpha value is -1.14. The monoisotopic (exact) mass is 331 g/mol. The summed E-state index contributed by atoms with van der Waals surface area (Å²) in [6.45, 7) is 0. The van der Waals surface area contributed by atoms with Crippen LogP contribution in [0.25, 0.3) is 0 Å². The molecule has 2 nitrogen and oxygen atoms in total. The van der Waals surface area contributed by atoms with Crippen molar-refractivity contribution < 1.29 is 22.7 Å². The third-order valence-electron chi connectivity index (χ3n) is 5.36. The maximum Gasteiger partial charge on any atom is 0.416 e. The number of hydrogen-bond acceptors (Lipinski definition) is 2. The molecule has 3 rings (SSSR count). The van der Waals surface area contributed by atoms with Gasteiger partial charge in [0.25, 0.3) is 0 Å². The van der Waals surface area contributed by atoms with Gasteiger partial charge in [0.1, 0.15) is 5.82 Å². The summed E-state index contributed by atoms with van der Waals surface area (Å²) in [6, 6.07) is 3.10. The lowest BCUT2D eigenvalue weighted by molar-refractivity contribution is -0.137. The third-order valence-corrected chi connectivity index (χ3v) is 5.36. The number of halogens is 4. The number of piperidine rings is 2. The molecule has 2 heterocycles. The van der Waals surface area contributed by atoms with Crippen LogP contribution in [0.15, 0.2) is 18.2 Å². The molecule has 0 saturated carbocycles. The molecular formula is C17H21F4NO. The zero-order valence-electron chi connectivity index (χ0n) is 13.0. The van der Waals surface area contributed by atoms with E-state index in [1.807, 2.05) is 7.05 Å². The highest BCUT2D eigenvalue weighted by atomic mass is 19.4. The molecule has 1 aromatic carbocycles. The lowest BCUT2D eigenvalue weighted by atomic mass is 9.73. The van der Waals surface area contributed by atoms with Gasteiger partial charge in [0.15, 0.2) is 0 Å². The largest absolute Gasteiger partial charge is 0.416 e. The first-order chi connectivity index (χ1) is 10.7. The average Bonchev–Trinajstić information content (AvgIpc) is 2.42. The van der Waals surface area contributed by atoms with Crippen LogP contribution in [0.2, 0.25) is 0 Å². The summed E-state index contributed by atoms with van der Waals surface area (Å²) in [5, 5.41) is 10.9. The van der Waals surface area contributed by atoms with Crippen molar-refractivity contribution in [2.45, 2.75) is 62.4 Å². The number of benzene rings is 1. The van der Waals surface area contributed by atoms with Crippen molar-refractivity contribution in [3.05, 3.63) is 35.1 Å². The van der Waals surface area contributed by atoms with E-state index in [0.29, 0.717) is 18.9 Å². The smallest absolute Gasteiger partial charge is 0.389 e. The van der Waals surface area contributed by atoms with Crippen LogP contribution >= 0.6 is 0 Å². The molecule has 2 saturated heterocycles. The van der Waals surface area contributed by atoms with E-state index in [1.54, 1.807) is 0 Å². The zero-order chi connectivity index (χ0) is 16.8. The highest BCUT2D eigenvalue weighted by Crippen LogP contribution is 2.40. The Kier molecular flexibility index (Phi) is 4.17. The Morgan fingerprint density at radius 1 is 1.22 bits per heavy atom. The number of rotatable bonds is 2. The number of nitrogens with zero attached hydrogens (tertiary/aromatic N) is 1. The molecule has 2 aliphatic heterocycles. The molecule has 23 heavy (non-hydrogen) atoms. The van der Waals surface area contributed by atoms with Crippen molar-refractivity contribution in [3.8, 4) is 0 Å². The Morgan fingerprint density at radius 3 is 2.35 bits per heavy atom. The Labute approximate surface area is 133 Å². The van der Waals surface area contributed by atoms with Crippen molar-refractivity contribution in [1.82, 2.24) is 4.90 Å². The molecule has 2 unspecified atom stereocenters. The third kappa shape index (κ3) is 3.38. The molecule has 2 fully saturated rings. The summed E-state index contributed by atoms with van der Waals surface area (Å²) in [6.07, 6.45) is -0.264. The topological polar surface area (TPSA) is 23.5 Å². The van der Waals surface area contributed by atoms with Gasteiger partial charge in [-0.3, -0.25) is 0 Å². The molecule has 2 bridgehead atoms. The molecule has 0 amide bonds. The molecular weight excluding hydrogens is 310 g/mol. The molecule has 6 heteroatoms. The van der Waals surface area contributed by atoms with Crippen molar-refractivity contribution in [2.24, 2.45) is 0 Å². The van der Waals surface area contributed by atoms with Crippen LogP contribution in [0.3, 0.4) is 0 Å². The van der Waals surface area contributed by atoms with Gasteiger partial charge in [-0.15, -0.1) is 0 Å². The fraction of sp³-hybridized carbons (Fsp3) is 0.647. The van der Waals surface area contributed by atoms with Gasteiger partial charge in [-0.1, -0.05) is 12.5 Å². The molecule has 0 aromatic heterocycles. The minimum atomic E-state index is -4.55. The van der Waals surface area contributed by atoms with E-state index in [1.165, 1.54) is 0 Å². The maximum absolute atomic E-state index is 14.1. The number of hydrogen-bond donors (Lipinski definition) is 1. The number of fused-ring (bicyclic) bond motifs is 2. The Morgan fingerprint density at radius 2 is 1.83 bits per heavy atom. The minimum Gasteiger partial charge on any atom is -0.389 e. The second-order valence-corrected chi connectivity index (χ2v) is 7.02. The van der Waals surface area contributed by atoms with E-state index in [-0.39, 0.29) is 24.1 Å². The Balaban J connectivity index is 1.79. The number of aliphatic hydroxyl groups is 1. The van der Waals surface area contributed by atoms with E-state index in [4.69, 9.17) is 0 Å². The summed E-state index contributed by atoms with van der Waals surface area (Å²) in [4.78, 5) is 2.28. The van der Waals surface area contributed by atoms with Gasteiger partial charge in [0.05, 0.1) is 11.2 Å². The SMILES string of the molecule is CN1C2CCCC1CC(O)(Cc1ccc(C(F)(F)F)cc1F)C2. The van der Waals surface area contributed by atoms with Crippen LogP contribution in [0.5, 0.6) is 0 Å². The highest BCUT2D eigenvalue weighted by molar-refractivity contribution is 5.28. The molecule has 128 valence electrons. The fourth-order valence-corrected chi connectivity index (χ4v) is 4.11. The van der Waals surface area contributed by atoms with Gasteiger partial charge in [-0.25, -0.2) is 4.39 Å². The summed E-state index contributed by atoms with van der Waals surface area (Å²) in [5.74, 6) is -0.891. The van der Waals surface area contributed by atoms with Crippen molar-refractivity contribution >= 4 is 0 Å². The van der Waals surface area contributed by atoms with E-state index in [2.05, 4.69) is 4.90 Å². The molecule has 0 radical (unpaired) electrons. The fourth-order valence-electron chi connectivity index (χ4n) is 4.11. The maximum atomic E-state index is 14.1. The normalized spacial score (nSPS) is 32.1. The van der Waals surface area contributed by atoms with Crippen molar-refractivity contribution in [3.63, 3.8) is 0 Å². The predicted molar refractivity (Wildman–Crippen MR) is 78.5 cm³/mol. The van der Waals surface area contributed by atoms with Crippen LogP contribution in [0.4, 0.5) is 17.6 Å². The first kappa shape index (κ1) is 16.7. The molecule has 1 aromatic rings. The summed E-state index contributed by atoms with van der Waals surface area (Å²) < 4.78 is 51.9. The molecule has 1 N–H and O–H groups in total. The lowest BCUT2D eigenvalue weighted by Gasteiger charge is -2.50. The summed E-state index contributed by atoms with van der Waals surface area (Å²) in [7, 11) is 2.05. The second kappa shape index (κ2) is 5.74. The van der Waals surface area contributed by atoms with E-state index in [0.717, 1.165) is 31.4 Å². The molecule has 2 atom stereocenters. The highest BCUT2D eigenvalue weighted by Gasteiger charge is 2.44. The van der Waals surface area contributed by atoms with Crippen molar-refractivity contribution in [2.75, 3.05) is 7.05 Å². The standard InChI is InChI=1S/C17H21F4NO/c1-22-13-3-2-4-14(22)10-16(23,9-13)8-11-5-6-12(7-15(11)18)17(19,20)21/h5-7,13-14,23H,2-4,8-10H2,1H3. The van der Waals surface area contributed by atoms with Crippen LogP contribution in [0, 0.1) is 5.82 Å². The molecule has 2 aliphatic rings. The van der Waals surface area contributed by atoms with Crippen LogP contribution in [-0.2, 0) is 12.6 Å². The molecule has 0 aliphatic carbocycles. The molecule has 0 spiro atoms. The first-order valence-electron chi connectivity index (χ1n) is 7.98. The number of alkyl halides is 3. The summed E-state index contributed by atoms with van der Waals surface area (Å²) in [5.41, 5.74) is -1.88. The van der Waals surface area contributed by atoms with Crippen LogP contribution < -0.4 is 0 Å². The van der Waals surface area contributed by atoms with Gasteiger partial charge < -0.3 is 10.0 Å². The van der Waals surface area contributed by atoms with Gasteiger partial charge in [-0.2, -0.15) is 13.2 Å². The van der Waals surface area contributed by atoms with Gasteiger partial charge in [-0.05, 0) is 50.4 Å². The second-order valence-electron chi connectivity index (χ2n) is 7.02. The van der Waals surface area contributed by atoms with E-state index in [9.17, 15) is 22.7 Å². The zero-order valence-corrected chi connectivity index (χ0v) is 13.0. The average molecular weight is 331 g/mol. The quantitative estimate of drug-likeness (QED) is 0.834. The summed E-state index contributed by atoms with van der Waals surface area (Å²) >= 11 is 0. The van der Waals surface area contributed by atoms with Gasteiger partial charge in [0, 0.05) is 18.5 Å². The van der Waals surface area contributed by atoms with Crippen LogP contribution in [0.1, 0.15) is 43.2 Å². The minimum absolute atomic E-state index is 0.0673. The van der Waals surface area contributed by atoms with Gasteiger partial charge in [0.2, 0.25) is 0 Å². The first-order valence-corrected chi connectivity index (χ1v) is 7.98.